The molecule has 1 aromatic carbocycles. The molecular formula is C17H22O2. The molecule has 0 heterocycles. The van der Waals surface area contributed by atoms with Gasteiger partial charge in [0.25, 0.3) is 0 Å². The Balaban J connectivity index is 2.08. The fourth-order valence-corrected chi connectivity index (χ4v) is 2.74. The molecule has 0 amide bonds. The number of allylic oxidation sites excluding steroid dienone is 2. The Bertz CT molecular complexity index is 500. The standard InChI is InChI=1S/C17H22O2/c1-12-5-4-6-16(13(12)2)15-9-7-14(8-10-15)11-17(18)19-3/h4-6,9,14H,7-8,10-11H2,1-3H3. The molecule has 102 valence electrons. The molecule has 1 atom stereocenters. The Morgan fingerprint density at radius 1 is 1.37 bits per heavy atom. The van der Waals surface area contributed by atoms with E-state index in [4.69, 9.17) is 4.74 Å². The maximum atomic E-state index is 11.3. The normalized spacial score (nSPS) is 18.9. The van der Waals surface area contributed by atoms with Gasteiger partial charge in [-0.15, -0.1) is 0 Å². The maximum Gasteiger partial charge on any atom is 0.305 e. The predicted octanol–water partition coefficient (Wildman–Crippen LogP) is 4.05. The van der Waals surface area contributed by atoms with E-state index in [0.717, 1.165) is 19.3 Å². The smallest absolute Gasteiger partial charge is 0.305 e. The molecule has 0 N–H and O–H groups in total. The van der Waals surface area contributed by atoms with Crippen molar-refractivity contribution in [2.24, 2.45) is 5.92 Å². The molecule has 2 rings (SSSR count). The van der Waals surface area contributed by atoms with E-state index in [-0.39, 0.29) is 5.97 Å². The van der Waals surface area contributed by atoms with Gasteiger partial charge in [0.2, 0.25) is 0 Å². The Kier molecular flexibility index (Phi) is 4.41. The first-order valence-electron chi connectivity index (χ1n) is 6.94. The summed E-state index contributed by atoms with van der Waals surface area (Å²) in [7, 11) is 1.46. The lowest BCUT2D eigenvalue weighted by atomic mass is 9.83. The molecule has 2 heteroatoms. The van der Waals surface area contributed by atoms with Crippen LogP contribution in [0.4, 0.5) is 0 Å². The van der Waals surface area contributed by atoms with Crippen LogP contribution < -0.4 is 0 Å². The number of hydrogen-bond donors (Lipinski definition) is 0. The molecule has 19 heavy (non-hydrogen) atoms. The summed E-state index contributed by atoms with van der Waals surface area (Å²) in [6, 6.07) is 6.48. The van der Waals surface area contributed by atoms with Crippen LogP contribution in [-0.2, 0) is 9.53 Å². The van der Waals surface area contributed by atoms with Crippen molar-refractivity contribution >= 4 is 11.5 Å². The highest BCUT2D eigenvalue weighted by molar-refractivity contribution is 5.71. The molecule has 1 aromatic rings. The SMILES string of the molecule is COC(=O)CC1CC=C(c2cccc(C)c2C)CC1. The van der Waals surface area contributed by atoms with Crippen molar-refractivity contribution in [1.82, 2.24) is 0 Å². The van der Waals surface area contributed by atoms with Crippen molar-refractivity contribution in [3.8, 4) is 0 Å². The zero-order valence-corrected chi connectivity index (χ0v) is 12.0. The molecule has 0 saturated heterocycles. The van der Waals surface area contributed by atoms with Crippen molar-refractivity contribution in [2.75, 3.05) is 7.11 Å². The third-order valence-electron chi connectivity index (χ3n) is 4.15. The second-order valence-corrected chi connectivity index (χ2v) is 5.40. The largest absolute Gasteiger partial charge is 0.469 e. The molecule has 2 nitrogen and oxygen atoms in total. The lowest BCUT2D eigenvalue weighted by Crippen LogP contribution is -2.12. The van der Waals surface area contributed by atoms with Gasteiger partial charge in [0.1, 0.15) is 0 Å². The zero-order valence-electron chi connectivity index (χ0n) is 12.0. The van der Waals surface area contributed by atoms with Gasteiger partial charge in [-0.2, -0.15) is 0 Å². The Labute approximate surface area is 115 Å². The number of aryl methyl sites for hydroxylation is 1. The number of ether oxygens (including phenoxy) is 1. The van der Waals surface area contributed by atoms with Gasteiger partial charge in [0, 0.05) is 6.42 Å². The average molecular weight is 258 g/mol. The molecule has 0 fully saturated rings. The van der Waals surface area contributed by atoms with E-state index in [2.05, 4.69) is 38.1 Å². The highest BCUT2D eigenvalue weighted by atomic mass is 16.5. The summed E-state index contributed by atoms with van der Waals surface area (Å²) in [5.74, 6) is 0.356. The maximum absolute atomic E-state index is 11.3. The number of carbonyl (C=O) groups excluding carboxylic acids is 1. The first kappa shape index (κ1) is 13.9. The van der Waals surface area contributed by atoms with Crippen LogP contribution in [-0.4, -0.2) is 13.1 Å². The van der Waals surface area contributed by atoms with Gasteiger partial charge in [-0.1, -0.05) is 24.3 Å². The monoisotopic (exact) mass is 258 g/mol. The van der Waals surface area contributed by atoms with Gasteiger partial charge in [0.15, 0.2) is 0 Å². The Morgan fingerprint density at radius 2 is 2.16 bits per heavy atom. The van der Waals surface area contributed by atoms with Crippen molar-refractivity contribution in [2.45, 2.75) is 39.5 Å². The van der Waals surface area contributed by atoms with Crippen LogP contribution in [0.3, 0.4) is 0 Å². The number of carbonyl (C=O) groups is 1. The summed E-state index contributed by atoms with van der Waals surface area (Å²) < 4.78 is 4.74. The van der Waals surface area contributed by atoms with Gasteiger partial charge in [-0.25, -0.2) is 0 Å². The summed E-state index contributed by atoms with van der Waals surface area (Å²) in [6.45, 7) is 4.34. The van der Waals surface area contributed by atoms with Crippen molar-refractivity contribution in [1.29, 1.82) is 0 Å². The van der Waals surface area contributed by atoms with Crippen LogP contribution in [0.15, 0.2) is 24.3 Å². The van der Waals surface area contributed by atoms with Crippen molar-refractivity contribution in [3.63, 3.8) is 0 Å². The third kappa shape index (κ3) is 3.25. The van der Waals surface area contributed by atoms with Gasteiger partial charge >= 0.3 is 5.97 Å². The lowest BCUT2D eigenvalue weighted by molar-refractivity contribution is -0.141. The minimum absolute atomic E-state index is 0.0893. The molecule has 0 bridgehead atoms. The minimum atomic E-state index is -0.0893. The number of methoxy groups -OCH3 is 1. The first-order valence-corrected chi connectivity index (χ1v) is 6.94. The van der Waals surface area contributed by atoms with Crippen LogP contribution in [0.25, 0.3) is 5.57 Å². The zero-order chi connectivity index (χ0) is 13.8. The summed E-state index contributed by atoms with van der Waals surface area (Å²) >= 11 is 0. The molecule has 0 radical (unpaired) electrons. The number of hydrogen-bond acceptors (Lipinski definition) is 2. The molecular weight excluding hydrogens is 236 g/mol. The van der Waals surface area contributed by atoms with Crippen LogP contribution in [0.1, 0.15) is 42.4 Å². The van der Waals surface area contributed by atoms with E-state index < -0.39 is 0 Å². The second-order valence-electron chi connectivity index (χ2n) is 5.40. The van der Waals surface area contributed by atoms with Crippen LogP contribution >= 0.6 is 0 Å². The van der Waals surface area contributed by atoms with Gasteiger partial charge in [0.05, 0.1) is 7.11 Å². The molecule has 0 spiro atoms. The average Bonchev–Trinajstić information content (AvgIpc) is 2.43. The number of benzene rings is 1. The number of esters is 1. The first-order chi connectivity index (χ1) is 9.11. The molecule has 0 saturated carbocycles. The fourth-order valence-electron chi connectivity index (χ4n) is 2.74. The highest BCUT2D eigenvalue weighted by Gasteiger charge is 2.19. The third-order valence-corrected chi connectivity index (χ3v) is 4.15. The molecule has 0 aromatic heterocycles. The topological polar surface area (TPSA) is 26.3 Å². The quantitative estimate of drug-likeness (QED) is 0.764. The van der Waals surface area contributed by atoms with Gasteiger partial charge in [-0.05, 0) is 61.3 Å². The van der Waals surface area contributed by atoms with Crippen LogP contribution in [0, 0.1) is 19.8 Å². The Morgan fingerprint density at radius 3 is 2.79 bits per heavy atom. The predicted molar refractivity (Wildman–Crippen MR) is 77.9 cm³/mol. The van der Waals surface area contributed by atoms with Crippen molar-refractivity contribution < 1.29 is 9.53 Å². The molecule has 1 unspecified atom stereocenters. The lowest BCUT2D eigenvalue weighted by Gasteiger charge is -2.22. The van der Waals surface area contributed by atoms with E-state index in [1.807, 2.05) is 0 Å². The van der Waals surface area contributed by atoms with Crippen molar-refractivity contribution in [3.05, 3.63) is 41.0 Å². The fraction of sp³-hybridized carbons (Fsp3) is 0.471. The minimum Gasteiger partial charge on any atom is -0.469 e. The van der Waals surface area contributed by atoms with Crippen LogP contribution in [0.2, 0.25) is 0 Å². The van der Waals surface area contributed by atoms with E-state index in [1.165, 1.54) is 29.4 Å². The molecule has 0 aliphatic heterocycles. The summed E-state index contributed by atoms with van der Waals surface area (Å²) in [4.78, 5) is 11.3. The second kappa shape index (κ2) is 6.05. The summed E-state index contributed by atoms with van der Waals surface area (Å²) in [5, 5.41) is 0. The van der Waals surface area contributed by atoms with Gasteiger partial charge in [-0.3, -0.25) is 4.79 Å². The highest BCUT2D eigenvalue weighted by Crippen LogP contribution is 2.33. The van der Waals surface area contributed by atoms with Crippen LogP contribution in [0.5, 0.6) is 0 Å². The van der Waals surface area contributed by atoms with E-state index in [0.29, 0.717) is 12.3 Å². The van der Waals surface area contributed by atoms with Gasteiger partial charge < -0.3 is 4.74 Å². The summed E-state index contributed by atoms with van der Waals surface area (Å²) in [5.41, 5.74) is 5.52. The van der Waals surface area contributed by atoms with E-state index in [9.17, 15) is 4.79 Å². The van der Waals surface area contributed by atoms with E-state index in [1.54, 1.807) is 0 Å². The van der Waals surface area contributed by atoms with E-state index >= 15 is 0 Å². The molecule has 1 aliphatic carbocycles. The molecule has 1 aliphatic rings. The number of rotatable bonds is 3. The Hall–Kier alpha value is -1.57. The summed E-state index contributed by atoms with van der Waals surface area (Å²) in [6.07, 6.45) is 5.98.